The standard InChI is InChI=1S/C18H35N3O/c1-3-19-18(21-12-11-17(14-21)15-22-2)20-13-16-9-7-5-4-6-8-10-16/h16-17H,3-15H2,1-2H3,(H,19,20). The molecule has 128 valence electrons. The highest BCUT2D eigenvalue weighted by Crippen LogP contribution is 2.23. The van der Waals surface area contributed by atoms with Crippen molar-refractivity contribution in [3.05, 3.63) is 0 Å². The molecule has 0 aromatic carbocycles. The quantitative estimate of drug-likeness (QED) is 0.625. The normalized spacial score (nSPS) is 25.1. The molecular weight excluding hydrogens is 274 g/mol. The predicted molar refractivity (Wildman–Crippen MR) is 93.3 cm³/mol. The highest BCUT2D eigenvalue weighted by atomic mass is 16.5. The van der Waals surface area contributed by atoms with E-state index in [4.69, 9.17) is 9.73 Å². The van der Waals surface area contributed by atoms with Crippen molar-refractivity contribution in [3.8, 4) is 0 Å². The second-order valence-electron chi connectivity index (χ2n) is 6.96. The summed E-state index contributed by atoms with van der Waals surface area (Å²) in [4.78, 5) is 7.40. The van der Waals surface area contributed by atoms with Crippen molar-refractivity contribution in [2.45, 2.75) is 58.3 Å². The van der Waals surface area contributed by atoms with Gasteiger partial charge in [0.2, 0.25) is 0 Å². The Kier molecular flexibility index (Phi) is 8.06. The summed E-state index contributed by atoms with van der Waals surface area (Å²) in [5, 5.41) is 3.49. The number of rotatable bonds is 5. The number of methoxy groups -OCH3 is 1. The van der Waals surface area contributed by atoms with Gasteiger partial charge >= 0.3 is 0 Å². The average molecular weight is 309 g/mol. The second kappa shape index (κ2) is 10.1. The van der Waals surface area contributed by atoms with Crippen LogP contribution in [0.5, 0.6) is 0 Å². The van der Waals surface area contributed by atoms with E-state index in [9.17, 15) is 0 Å². The van der Waals surface area contributed by atoms with Gasteiger partial charge in [-0.05, 0) is 32.1 Å². The van der Waals surface area contributed by atoms with Gasteiger partial charge in [-0.25, -0.2) is 0 Å². The lowest BCUT2D eigenvalue weighted by Crippen LogP contribution is -2.40. The molecule has 0 spiro atoms. The SMILES string of the molecule is CCNC(=NCC1CCCCCCC1)N1CCC(COC)C1. The number of hydrogen-bond donors (Lipinski definition) is 1. The highest BCUT2D eigenvalue weighted by molar-refractivity contribution is 5.80. The molecule has 4 heteroatoms. The van der Waals surface area contributed by atoms with Crippen LogP contribution >= 0.6 is 0 Å². The molecule has 22 heavy (non-hydrogen) atoms. The van der Waals surface area contributed by atoms with Gasteiger partial charge in [0.05, 0.1) is 6.61 Å². The number of guanidine groups is 1. The van der Waals surface area contributed by atoms with E-state index in [1.807, 2.05) is 0 Å². The van der Waals surface area contributed by atoms with Crippen LogP contribution < -0.4 is 5.32 Å². The molecule has 2 rings (SSSR count). The van der Waals surface area contributed by atoms with E-state index < -0.39 is 0 Å². The summed E-state index contributed by atoms with van der Waals surface area (Å²) in [6.45, 7) is 7.20. The van der Waals surface area contributed by atoms with Crippen molar-refractivity contribution in [1.82, 2.24) is 10.2 Å². The summed E-state index contributed by atoms with van der Waals surface area (Å²) >= 11 is 0. The van der Waals surface area contributed by atoms with Gasteiger partial charge in [-0.1, -0.05) is 32.1 Å². The van der Waals surface area contributed by atoms with Gasteiger partial charge in [-0.2, -0.15) is 0 Å². The van der Waals surface area contributed by atoms with Crippen molar-refractivity contribution in [2.75, 3.05) is 39.9 Å². The van der Waals surface area contributed by atoms with Crippen LogP contribution in [0.3, 0.4) is 0 Å². The van der Waals surface area contributed by atoms with E-state index in [0.717, 1.165) is 44.7 Å². The molecule has 0 bridgehead atoms. The Bertz CT molecular complexity index is 324. The van der Waals surface area contributed by atoms with Crippen LogP contribution in [-0.2, 0) is 4.74 Å². The Morgan fingerprint density at radius 3 is 2.50 bits per heavy atom. The van der Waals surface area contributed by atoms with Gasteiger partial charge in [0, 0.05) is 39.2 Å². The first kappa shape index (κ1) is 17.6. The third-order valence-corrected chi connectivity index (χ3v) is 5.05. The van der Waals surface area contributed by atoms with Crippen molar-refractivity contribution in [1.29, 1.82) is 0 Å². The first-order valence-corrected chi connectivity index (χ1v) is 9.35. The molecule has 0 radical (unpaired) electrons. The van der Waals surface area contributed by atoms with E-state index in [2.05, 4.69) is 17.1 Å². The maximum atomic E-state index is 5.31. The zero-order valence-electron chi connectivity index (χ0n) is 14.6. The Morgan fingerprint density at radius 1 is 1.09 bits per heavy atom. The average Bonchev–Trinajstić information content (AvgIpc) is 2.94. The lowest BCUT2D eigenvalue weighted by Gasteiger charge is -2.23. The van der Waals surface area contributed by atoms with Gasteiger partial charge in [-0.15, -0.1) is 0 Å². The van der Waals surface area contributed by atoms with Crippen molar-refractivity contribution >= 4 is 5.96 Å². The molecule has 0 amide bonds. The van der Waals surface area contributed by atoms with Crippen LogP contribution in [0, 0.1) is 11.8 Å². The summed E-state index contributed by atoms with van der Waals surface area (Å²) in [6.07, 6.45) is 11.0. The van der Waals surface area contributed by atoms with E-state index in [1.54, 1.807) is 7.11 Å². The fourth-order valence-electron chi connectivity index (χ4n) is 3.76. The van der Waals surface area contributed by atoms with Gasteiger partial charge < -0.3 is 15.0 Å². The molecule has 0 aromatic heterocycles. The van der Waals surface area contributed by atoms with Crippen LogP contribution in [0.15, 0.2) is 4.99 Å². The zero-order chi connectivity index (χ0) is 15.6. The van der Waals surface area contributed by atoms with Crippen molar-refractivity contribution in [2.24, 2.45) is 16.8 Å². The van der Waals surface area contributed by atoms with E-state index in [1.165, 1.54) is 51.4 Å². The first-order chi connectivity index (χ1) is 10.8. The fourth-order valence-corrected chi connectivity index (χ4v) is 3.76. The summed E-state index contributed by atoms with van der Waals surface area (Å²) in [7, 11) is 1.80. The lowest BCUT2D eigenvalue weighted by atomic mass is 9.91. The molecule has 1 saturated heterocycles. The maximum Gasteiger partial charge on any atom is 0.193 e. The van der Waals surface area contributed by atoms with E-state index in [0.29, 0.717) is 5.92 Å². The Labute approximate surface area is 136 Å². The highest BCUT2D eigenvalue weighted by Gasteiger charge is 2.24. The van der Waals surface area contributed by atoms with Gasteiger partial charge in [-0.3, -0.25) is 4.99 Å². The Balaban J connectivity index is 1.86. The molecule has 1 N–H and O–H groups in total. The molecule has 1 saturated carbocycles. The third-order valence-electron chi connectivity index (χ3n) is 5.05. The number of nitrogens with zero attached hydrogens (tertiary/aromatic N) is 2. The monoisotopic (exact) mass is 309 g/mol. The van der Waals surface area contributed by atoms with Crippen LogP contribution in [0.1, 0.15) is 58.3 Å². The van der Waals surface area contributed by atoms with Crippen molar-refractivity contribution < 1.29 is 4.74 Å². The first-order valence-electron chi connectivity index (χ1n) is 9.35. The van der Waals surface area contributed by atoms with E-state index in [-0.39, 0.29) is 0 Å². The number of nitrogens with one attached hydrogen (secondary N) is 1. The predicted octanol–water partition coefficient (Wildman–Crippen LogP) is 3.28. The molecular formula is C18H35N3O. The van der Waals surface area contributed by atoms with E-state index >= 15 is 0 Å². The molecule has 0 aromatic rings. The van der Waals surface area contributed by atoms with Gasteiger partial charge in [0.1, 0.15) is 0 Å². The third kappa shape index (κ3) is 5.79. The Hall–Kier alpha value is -0.770. The largest absolute Gasteiger partial charge is 0.384 e. The number of ether oxygens (including phenoxy) is 1. The Morgan fingerprint density at radius 2 is 1.82 bits per heavy atom. The molecule has 1 atom stereocenters. The summed E-state index contributed by atoms with van der Waals surface area (Å²) in [6, 6.07) is 0. The second-order valence-corrected chi connectivity index (χ2v) is 6.96. The number of hydrogen-bond acceptors (Lipinski definition) is 2. The molecule has 1 aliphatic carbocycles. The minimum absolute atomic E-state index is 0.662. The van der Waals surface area contributed by atoms with Gasteiger partial charge in [0.25, 0.3) is 0 Å². The molecule has 4 nitrogen and oxygen atoms in total. The molecule has 2 fully saturated rings. The van der Waals surface area contributed by atoms with Crippen LogP contribution in [0.25, 0.3) is 0 Å². The summed E-state index contributed by atoms with van der Waals surface area (Å²) < 4.78 is 5.31. The fraction of sp³-hybridized carbons (Fsp3) is 0.944. The molecule has 1 aliphatic heterocycles. The zero-order valence-corrected chi connectivity index (χ0v) is 14.6. The summed E-state index contributed by atoms with van der Waals surface area (Å²) in [5.41, 5.74) is 0. The minimum atomic E-state index is 0.662. The number of likely N-dealkylation sites (tertiary alicyclic amines) is 1. The van der Waals surface area contributed by atoms with Crippen LogP contribution in [-0.4, -0.2) is 50.8 Å². The smallest absolute Gasteiger partial charge is 0.193 e. The lowest BCUT2D eigenvalue weighted by molar-refractivity contribution is 0.157. The van der Waals surface area contributed by atoms with Crippen LogP contribution in [0.4, 0.5) is 0 Å². The minimum Gasteiger partial charge on any atom is -0.384 e. The summed E-state index contributed by atoms with van der Waals surface area (Å²) in [5.74, 6) is 2.59. The molecule has 2 aliphatic rings. The van der Waals surface area contributed by atoms with Crippen LogP contribution in [0.2, 0.25) is 0 Å². The molecule has 1 heterocycles. The topological polar surface area (TPSA) is 36.9 Å². The van der Waals surface area contributed by atoms with Gasteiger partial charge in [0.15, 0.2) is 5.96 Å². The van der Waals surface area contributed by atoms with Crippen molar-refractivity contribution in [3.63, 3.8) is 0 Å². The number of aliphatic imine (C=N–C) groups is 1. The molecule has 1 unspecified atom stereocenters. The maximum absolute atomic E-state index is 5.31.